The number of phenolic OH excluding ortho intramolecular Hbond substituents is 1. The van der Waals surface area contributed by atoms with Gasteiger partial charge in [0.15, 0.2) is 0 Å². The molecule has 0 amide bonds. The summed E-state index contributed by atoms with van der Waals surface area (Å²) < 4.78 is 2.20. The van der Waals surface area contributed by atoms with Crippen molar-refractivity contribution in [1.29, 1.82) is 0 Å². The van der Waals surface area contributed by atoms with Crippen molar-refractivity contribution in [2.24, 2.45) is 10.8 Å². The van der Waals surface area contributed by atoms with Crippen LogP contribution in [0.5, 0.6) is 5.75 Å². The summed E-state index contributed by atoms with van der Waals surface area (Å²) in [5, 5.41) is 21.6. The zero-order valence-corrected chi connectivity index (χ0v) is 19.0. The van der Waals surface area contributed by atoms with Crippen LogP contribution in [0.25, 0.3) is 10.9 Å². The molecule has 0 aliphatic carbocycles. The molecule has 2 N–H and O–H groups in total. The standard InChI is InChI=1S/C25H30ClNO3/c1-24(2,3)13-20-19-12-18(28)10-11-21(19)27(15-16-6-8-17(26)9-7-16)22(20)14-25(4,5)23(29)30/h6-12,28H,13-15H2,1-5H3,(H,29,30). The minimum Gasteiger partial charge on any atom is -0.508 e. The molecule has 1 heterocycles. The molecule has 0 radical (unpaired) electrons. The Morgan fingerprint density at radius 2 is 1.63 bits per heavy atom. The summed E-state index contributed by atoms with van der Waals surface area (Å²) in [5.74, 6) is -0.610. The third kappa shape index (κ3) is 4.81. The van der Waals surface area contributed by atoms with Crippen LogP contribution in [0.4, 0.5) is 0 Å². The number of benzene rings is 2. The topological polar surface area (TPSA) is 62.5 Å². The first-order chi connectivity index (χ1) is 13.9. The summed E-state index contributed by atoms with van der Waals surface area (Å²) in [6.45, 7) is 10.6. The van der Waals surface area contributed by atoms with E-state index in [0.29, 0.717) is 18.0 Å². The van der Waals surface area contributed by atoms with Crippen molar-refractivity contribution in [3.05, 3.63) is 64.3 Å². The van der Waals surface area contributed by atoms with Crippen molar-refractivity contribution < 1.29 is 15.0 Å². The van der Waals surface area contributed by atoms with E-state index in [-0.39, 0.29) is 11.2 Å². The van der Waals surface area contributed by atoms with Gasteiger partial charge in [0.1, 0.15) is 5.75 Å². The van der Waals surface area contributed by atoms with Crippen molar-refractivity contribution in [2.75, 3.05) is 0 Å². The number of rotatable bonds is 6. The maximum atomic E-state index is 11.9. The maximum absolute atomic E-state index is 11.9. The predicted octanol–water partition coefficient (Wildman–Crippen LogP) is 6.29. The largest absolute Gasteiger partial charge is 0.508 e. The third-order valence-corrected chi connectivity index (χ3v) is 5.67. The number of fused-ring (bicyclic) bond motifs is 1. The quantitative estimate of drug-likeness (QED) is 0.485. The molecule has 0 aliphatic rings. The normalized spacial score (nSPS) is 12.5. The lowest BCUT2D eigenvalue weighted by Crippen LogP contribution is -2.28. The highest BCUT2D eigenvalue weighted by Gasteiger charge is 2.32. The third-order valence-electron chi connectivity index (χ3n) is 5.42. The van der Waals surface area contributed by atoms with E-state index in [1.165, 1.54) is 0 Å². The van der Waals surface area contributed by atoms with E-state index < -0.39 is 11.4 Å². The second-order valence-electron chi connectivity index (χ2n) is 9.94. The molecule has 160 valence electrons. The van der Waals surface area contributed by atoms with Gasteiger partial charge in [-0.25, -0.2) is 0 Å². The average Bonchev–Trinajstić information content (AvgIpc) is 2.88. The number of hydrogen-bond acceptors (Lipinski definition) is 2. The number of carboxylic acid groups (broad SMARTS) is 1. The Kier molecular flexibility index (Phi) is 5.92. The molecule has 0 bridgehead atoms. The minimum atomic E-state index is -0.916. The Hall–Kier alpha value is -2.46. The molecule has 0 atom stereocenters. The lowest BCUT2D eigenvalue weighted by Gasteiger charge is -2.24. The fourth-order valence-corrected chi connectivity index (χ4v) is 3.97. The summed E-state index contributed by atoms with van der Waals surface area (Å²) in [7, 11) is 0. The van der Waals surface area contributed by atoms with Gasteiger partial charge in [0.05, 0.1) is 5.41 Å². The van der Waals surface area contributed by atoms with Gasteiger partial charge in [0.2, 0.25) is 0 Å². The van der Waals surface area contributed by atoms with Gasteiger partial charge in [0.25, 0.3) is 0 Å². The lowest BCUT2D eigenvalue weighted by molar-refractivity contribution is -0.146. The molecule has 0 saturated heterocycles. The Balaban J connectivity index is 2.26. The maximum Gasteiger partial charge on any atom is 0.309 e. The van der Waals surface area contributed by atoms with Crippen molar-refractivity contribution in [3.8, 4) is 5.75 Å². The smallest absolute Gasteiger partial charge is 0.309 e. The van der Waals surface area contributed by atoms with Gasteiger partial charge >= 0.3 is 5.97 Å². The number of aromatic hydroxyl groups is 1. The van der Waals surface area contributed by atoms with Gasteiger partial charge in [0, 0.05) is 34.6 Å². The van der Waals surface area contributed by atoms with Crippen LogP contribution in [0.1, 0.15) is 51.4 Å². The molecular weight excluding hydrogens is 398 g/mol. The van der Waals surface area contributed by atoms with E-state index in [2.05, 4.69) is 25.3 Å². The van der Waals surface area contributed by atoms with E-state index in [9.17, 15) is 15.0 Å². The summed E-state index contributed by atoms with van der Waals surface area (Å²) in [4.78, 5) is 11.9. The Labute approximate surface area is 183 Å². The van der Waals surface area contributed by atoms with Gasteiger partial charge < -0.3 is 14.8 Å². The molecule has 2 aromatic carbocycles. The molecule has 3 rings (SSSR count). The highest BCUT2D eigenvalue weighted by Crippen LogP contribution is 2.37. The highest BCUT2D eigenvalue weighted by molar-refractivity contribution is 6.30. The van der Waals surface area contributed by atoms with Crippen LogP contribution in [-0.4, -0.2) is 20.7 Å². The van der Waals surface area contributed by atoms with Crippen molar-refractivity contribution in [1.82, 2.24) is 4.57 Å². The van der Waals surface area contributed by atoms with E-state index in [4.69, 9.17) is 11.6 Å². The number of phenols is 1. The molecule has 0 spiro atoms. The molecule has 0 aliphatic heterocycles. The molecule has 3 aromatic rings. The van der Waals surface area contributed by atoms with E-state index in [0.717, 1.165) is 34.1 Å². The van der Waals surface area contributed by atoms with Crippen LogP contribution in [0.15, 0.2) is 42.5 Å². The van der Waals surface area contributed by atoms with Crippen molar-refractivity contribution in [3.63, 3.8) is 0 Å². The Morgan fingerprint density at radius 1 is 1.00 bits per heavy atom. The molecule has 5 heteroatoms. The van der Waals surface area contributed by atoms with E-state index in [1.54, 1.807) is 26.0 Å². The van der Waals surface area contributed by atoms with Crippen LogP contribution in [0.3, 0.4) is 0 Å². The Morgan fingerprint density at radius 3 is 2.20 bits per heavy atom. The number of aromatic nitrogens is 1. The summed E-state index contributed by atoms with van der Waals surface area (Å²) in [5.41, 5.74) is 3.29. The summed E-state index contributed by atoms with van der Waals surface area (Å²) in [6, 6.07) is 13.1. The number of hydrogen-bond donors (Lipinski definition) is 2. The van der Waals surface area contributed by atoms with Gasteiger partial charge in [-0.15, -0.1) is 0 Å². The molecule has 1 aromatic heterocycles. The second kappa shape index (κ2) is 7.99. The molecule has 0 unspecified atom stereocenters. The zero-order valence-electron chi connectivity index (χ0n) is 18.3. The number of aliphatic carboxylic acids is 1. The highest BCUT2D eigenvalue weighted by atomic mass is 35.5. The molecule has 4 nitrogen and oxygen atoms in total. The molecule has 30 heavy (non-hydrogen) atoms. The van der Waals surface area contributed by atoms with Gasteiger partial charge in [-0.2, -0.15) is 0 Å². The van der Waals surface area contributed by atoms with Gasteiger partial charge in [-0.05, 0) is 67.1 Å². The minimum absolute atomic E-state index is 0.00691. The van der Waals surface area contributed by atoms with Crippen LogP contribution < -0.4 is 0 Å². The van der Waals surface area contributed by atoms with Crippen LogP contribution in [-0.2, 0) is 24.2 Å². The van der Waals surface area contributed by atoms with Gasteiger partial charge in [-0.3, -0.25) is 4.79 Å². The SMILES string of the molecule is CC(C)(C)Cc1c(CC(C)(C)C(=O)O)n(Cc2ccc(Cl)cc2)c2ccc(O)cc12. The monoisotopic (exact) mass is 427 g/mol. The summed E-state index contributed by atoms with van der Waals surface area (Å²) >= 11 is 6.06. The first kappa shape index (κ1) is 22.2. The lowest BCUT2D eigenvalue weighted by atomic mass is 9.82. The molecular formula is C25H30ClNO3. The number of carboxylic acids is 1. The van der Waals surface area contributed by atoms with Crippen molar-refractivity contribution >= 4 is 28.5 Å². The van der Waals surface area contributed by atoms with E-state index in [1.807, 2.05) is 30.3 Å². The fourth-order valence-electron chi connectivity index (χ4n) is 3.84. The van der Waals surface area contributed by atoms with Crippen molar-refractivity contribution in [2.45, 2.75) is 54.0 Å². The van der Waals surface area contributed by atoms with Gasteiger partial charge in [-0.1, -0.05) is 44.5 Å². The predicted molar refractivity (Wildman–Crippen MR) is 122 cm³/mol. The fraction of sp³-hybridized carbons (Fsp3) is 0.400. The number of halogens is 1. The molecule has 0 saturated carbocycles. The number of carbonyl (C=O) groups is 1. The average molecular weight is 428 g/mol. The van der Waals surface area contributed by atoms with E-state index >= 15 is 0 Å². The first-order valence-electron chi connectivity index (χ1n) is 10.2. The van der Waals surface area contributed by atoms with Crippen LogP contribution >= 0.6 is 11.6 Å². The van der Waals surface area contributed by atoms with Crippen LogP contribution in [0.2, 0.25) is 5.02 Å². The first-order valence-corrected chi connectivity index (χ1v) is 10.6. The number of nitrogens with zero attached hydrogens (tertiary/aromatic N) is 1. The summed E-state index contributed by atoms with van der Waals surface area (Å²) in [6.07, 6.45) is 1.18. The Bertz CT molecular complexity index is 1070. The second-order valence-corrected chi connectivity index (χ2v) is 10.4. The van der Waals surface area contributed by atoms with Crippen LogP contribution in [0, 0.1) is 10.8 Å². The zero-order chi connectivity index (χ0) is 22.3. The molecule has 0 fully saturated rings.